The van der Waals surface area contributed by atoms with Gasteiger partial charge in [0.2, 0.25) is 0 Å². The van der Waals surface area contributed by atoms with Gasteiger partial charge in [0.1, 0.15) is 22.5 Å². The molecule has 6 nitrogen and oxygen atoms in total. The molecule has 7 heteroatoms. The fraction of sp³-hybridized carbons (Fsp3) is 0.143. The van der Waals surface area contributed by atoms with Crippen LogP contribution >= 0.6 is 0 Å². The second kappa shape index (κ2) is 7.51. The first-order valence-electron chi connectivity index (χ1n) is 6.03. The highest BCUT2D eigenvalue weighted by molar-refractivity contribution is 7.85. The van der Waals surface area contributed by atoms with Gasteiger partial charge >= 0.3 is 0 Å². The lowest BCUT2D eigenvalue weighted by molar-refractivity contribution is -0.677. The van der Waals surface area contributed by atoms with Crippen molar-refractivity contribution in [2.24, 2.45) is 7.05 Å². The van der Waals surface area contributed by atoms with Gasteiger partial charge in [-0.05, 0) is 6.07 Å². The van der Waals surface area contributed by atoms with Crippen molar-refractivity contribution < 1.29 is 22.3 Å². The minimum absolute atomic E-state index is 0.104. The molecule has 1 heterocycles. The highest BCUT2D eigenvalue weighted by Gasteiger charge is 2.05. The number of imidazole rings is 1. The third-order valence-electron chi connectivity index (χ3n) is 2.63. The number of aromatic amines is 1. The van der Waals surface area contributed by atoms with E-state index in [0.29, 0.717) is 6.29 Å². The lowest BCUT2D eigenvalue weighted by Crippen LogP contribution is -2.29. The van der Waals surface area contributed by atoms with Crippen molar-refractivity contribution >= 4 is 16.4 Å². The van der Waals surface area contributed by atoms with Crippen LogP contribution < -0.4 is 4.57 Å². The molecule has 0 saturated carbocycles. The molecule has 0 aliphatic rings. The van der Waals surface area contributed by atoms with Crippen molar-refractivity contribution in [3.8, 4) is 0 Å². The fourth-order valence-corrected chi connectivity index (χ4v) is 2.23. The molecule has 112 valence electrons. The number of carbonyl (C=O) groups excluding carboxylic acids is 1. The quantitative estimate of drug-likeness (QED) is 0.394. The van der Waals surface area contributed by atoms with Gasteiger partial charge in [0, 0.05) is 5.56 Å². The van der Waals surface area contributed by atoms with Crippen LogP contribution in [0.25, 0.3) is 0 Å². The normalized spacial score (nSPS) is 10.4. The molecular weight excluding hydrogens is 292 g/mol. The van der Waals surface area contributed by atoms with Gasteiger partial charge in [-0.15, -0.1) is 6.58 Å². The third kappa shape index (κ3) is 4.97. The molecule has 0 aliphatic carbocycles. The van der Waals surface area contributed by atoms with Crippen LogP contribution in [-0.4, -0.2) is 24.2 Å². The van der Waals surface area contributed by atoms with Gasteiger partial charge in [-0.2, -0.15) is 0 Å². The summed E-state index contributed by atoms with van der Waals surface area (Å²) in [5, 5.41) is 0. The first kappa shape index (κ1) is 16.8. The number of carbonyl (C=O) groups is 1. The van der Waals surface area contributed by atoms with Crippen molar-refractivity contribution in [2.75, 3.05) is 0 Å². The van der Waals surface area contributed by atoms with E-state index in [0.717, 1.165) is 12.5 Å². The molecule has 2 rings (SSSR count). The number of aldehydes is 1. The highest BCUT2D eigenvalue weighted by Crippen LogP contribution is 2.11. The smallest absolute Gasteiger partial charge is 0.257 e. The molecule has 0 unspecified atom stereocenters. The summed E-state index contributed by atoms with van der Waals surface area (Å²) in [6.45, 7) is 3.64. The minimum Gasteiger partial charge on any atom is -0.744 e. The molecule has 1 aromatic heterocycles. The van der Waals surface area contributed by atoms with E-state index in [9.17, 15) is 17.8 Å². The van der Waals surface area contributed by atoms with Crippen molar-refractivity contribution in [2.45, 2.75) is 11.3 Å². The van der Waals surface area contributed by atoms with Crippen molar-refractivity contribution in [1.29, 1.82) is 0 Å². The predicted octanol–water partition coefficient (Wildman–Crippen LogP) is 0.971. The summed E-state index contributed by atoms with van der Waals surface area (Å²) in [7, 11) is -2.52. The average molecular weight is 308 g/mol. The van der Waals surface area contributed by atoms with E-state index in [4.69, 9.17) is 0 Å². The monoisotopic (exact) mass is 308 g/mol. The summed E-state index contributed by atoms with van der Waals surface area (Å²) >= 11 is 0. The number of nitrogens with zero attached hydrogens (tertiary/aromatic N) is 1. The number of benzene rings is 1. The Labute approximate surface area is 123 Å². The van der Waals surface area contributed by atoms with Gasteiger partial charge in [-0.3, -0.25) is 4.79 Å². The maximum atomic E-state index is 10.5. The first-order chi connectivity index (χ1) is 9.90. The molecular formula is C14H16N2O4S. The molecule has 0 fully saturated rings. The van der Waals surface area contributed by atoms with Crippen LogP contribution in [-0.2, 0) is 23.6 Å². The van der Waals surface area contributed by atoms with Gasteiger partial charge in [-0.1, -0.05) is 24.3 Å². The van der Waals surface area contributed by atoms with E-state index in [2.05, 4.69) is 11.6 Å². The van der Waals surface area contributed by atoms with E-state index >= 15 is 0 Å². The number of hydrogen-bond acceptors (Lipinski definition) is 4. The van der Waals surface area contributed by atoms with Gasteiger partial charge in [0.05, 0.1) is 18.4 Å². The van der Waals surface area contributed by atoms with E-state index in [1.807, 2.05) is 30.1 Å². The van der Waals surface area contributed by atoms with Gasteiger partial charge in [0.15, 0.2) is 6.29 Å². The number of H-pyrrole nitrogens is 1. The van der Waals surface area contributed by atoms with Crippen LogP contribution in [0.4, 0.5) is 0 Å². The Hall–Kier alpha value is -2.25. The molecule has 0 amide bonds. The van der Waals surface area contributed by atoms with E-state index in [-0.39, 0.29) is 5.56 Å². The van der Waals surface area contributed by atoms with Crippen LogP contribution in [0.5, 0.6) is 0 Å². The average Bonchev–Trinajstić information content (AvgIpc) is 2.85. The molecule has 2 aromatic rings. The number of nitrogens with one attached hydrogen (secondary N) is 1. The van der Waals surface area contributed by atoms with Crippen LogP contribution in [0, 0.1) is 0 Å². The molecule has 1 N–H and O–H groups in total. The molecule has 0 atom stereocenters. The topological polar surface area (TPSA) is 93.9 Å². The lowest BCUT2D eigenvalue weighted by Gasteiger charge is -2.07. The highest BCUT2D eigenvalue weighted by atomic mass is 32.2. The Morgan fingerprint density at radius 3 is 2.48 bits per heavy atom. The Bertz CT molecular complexity index is 720. The second-order valence-electron chi connectivity index (χ2n) is 4.12. The summed E-state index contributed by atoms with van der Waals surface area (Å²) < 4.78 is 33.5. The van der Waals surface area contributed by atoms with Crippen LogP contribution in [0.3, 0.4) is 0 Å². The maximum Gasteiger partial charge on any atom is 0.257 e. The standard InChI is InChI=1S/C7H10N2.C7H6O4S/c1-3-4-7-8-5-6-9(7)2;8-5-6-3-1-2-4-7(6)12(9,10)11/h3,5-6H,1,4H2,2H3;1-5H,(H,9,10,11). The summed E-state index contributed by atoms with van der Waals surface area (Å²) in [5.74, 6) is 1.19. The first-order valence-corrected chi connectivity index (χ1v) is 7.44. The summed E-state index contributed by atoms with van der Waals surface area (Å²) in [6, 6.07) is 5.25. The largest absolute Gasteiger partial charge is 0.744 e. The zero-order valence-corrected chi connectivity index (χ0v) is 12.3. The molecule has 0 bridgehead atoms. The minimum atomic E-state index is -4.53. The number of allylic oxidation sites excluding steroid dienone is 1. The zero-order chi connectivity index (χ0) is 15.9. The number of aromatic nitrogens is 2. The predicted molar refractivity (Wildman–Crippen MR) is 75.7 cm³/mol. The Morgan fingerprint density at radius 1 is 1.38 bits per heavy atom. The number of hydrogen-bond donors (Lipinski definition) is 1. The Kier molecular flexibility index (Phi) is 6.01. The van der Waals surface area contributed by atoms with Gasteiger partial charge in [-0.25, -0.2) is 18.0 Å². The van der Waals surface area contributed by atoms with Crippen molar-refractivity contribution in [3.63, 3.8) is 0 Å². The molecule has 21 heavy (non-hydrogen) atoms. The van der Waals surface area contributed by atoms with Gasteiger partial charge in [0.25, 0.3) is 5.82 Å². The molecule has 0 saturated heterocycles. The molecule has 0 aliphatic heterocycles. The Morgan fingerprint density at radius 2 is 2.05 bits per heavy atom. The third-order valence-corrected chi connectivity index (χ3v) is 3.54. The van der Waals surface area contributed by atoms with E-state index < -0.39 is 15.0 Å². The summed E-state index contributed by atoms with van der Waals surface area (Å²) in [5.41, 5.74) is -0.104. The van der Waals surface area contributed by atoms with Crippen molar-refractivity contribution in [3.05, 3.63) is 60.7 Å². The molecule has 1 aromatic carbocycles. The Balaban J connectivity index is 0.000000219. The number of aryl methyl sites for hydroxylation is 1. The van der Waals surface area contributed by atoms with Crippen LogP contribution in [0.15, 0.2) is 54.2 Å². The maximum absolute atomic E-state index is 10.5. The van der Waals surface area contributed by atoms with Crippen LogP contribution in [0.2, 0.25) is 0 Å². The lowest BCUT2D eigenvalue weighted by atomic mass is 10.2. The second-order valence-corrected chi connectivity index (χ2v) is 5.47. The zero-order valence-electron chi connectivity index (χ0n) is 11.5. The van der Waals surface area contributed by atoms with E-state index in [1.165, 1.54) is 24.0 Å². The summed E-state index contributed by atoms with van der Waals surface area (Å²) in [6.07, 6.45) is 7.03. The SMILES string of the molecule is C=CCc1[nH]cc[n+]1C.O=Cc1ccccc1S(=O)(=O)[O-]. The molecule has 0 spiro atoms. The van der Waals surface area contributed by atoms with E-state index in [1.54, 1.807) is 0 Å². The van der Waals surface area contributed by atoms with Crippen LogP contribution in [0.1, 0.15) is 16.2 Å². The summed E-state index contributed by atoms with van der Waals surface area (Å²) in [4.78, 5) is 12.9. The number of rotatable bonds is 4. The van der Waals surface area contributed by atoms with Gasteiger partial charge < -0.3 is 4.55 Å². The molecule has 0 radical (unpaired) electrons. The fourth-order valence-electron chi connectivity index (χ4n) is 1.58. The van der Waals surface area contributed by atoms with Crippen molar-refractivity contribution in [1.82, 2.24) is 4.98 Å².